The van der Waals surface area contributed by atoms with Gasteiger partial charge < -0.3 is 25.4 Å². The fourth-order valence-corrected chi connectivity index (χ4v) is 3.31. The number of esters is 1. The number of furan rings is 1. The number of pyridine rings is 1. The van der Waals surface area contributed by atoms with Crippen LogP contribution in [0.2, 0.25) is 0 Å². The summed E-state index contributed by atoms with van der Waals surface area (Å²) in [5, 5.41) is 0.579. The quantitative estimate of drug-likeness (QED) is 0.219. The summed E-state index contributed by atoms with van der Waals surface area (Å²) in [5.41, 5.74) is 11.1. The van der Waals surface area contributed by atoms with Gasteiger partial charge in [0.15, 0.2) is 0 Å². The van der Waals surface area contributed by atoms with Crippen molar-refractivity contribution in [2.24, 2.45) is 11.5 Å². The lowest BCUT2D eigenvalue weighted by Crippen LogP contribution is -2.62. The summed E-state index contributed by atoms with van der Waals surface area (Å²) in [7, 11) is 0. The molecule has 2 heterocycles. The van der Waals surface area contributed by atoms with Crippen LogP contribution >= 0.6 is 0 Å². The van der Waals surface area contributed by atoms with Crippen molar-refractivity contribution in [3.63, 3.8) is 0 Å². The van der Waals surface area contributed by atoms with Gasteiger partial charge in [-0.2, -0.15) is 35.1 Å². The lowest BCUT2D eigenvalue weighted by atomic mass is 9.95. The molecule has 0 radical (unpaired) electrons. The second-order valence-electron chi connectivity index (χ2n) is 8.47. The fraction of sp³-hybridized carbons (Fsp3) is 0.417. The van der Waals surface area contributed by atoms with Gasteiger partial charge in [0, 0.05) is 36.0 Å². The van der Waals surface area contributed by atoms with Gasteiger partial charge in [-0.05, 0) is 30.3 Å². The number of halogens is 8. The Bertz CT molecular complexity index is 1270. The van der Waals surface area contributed by atoms with Gasteiger partial charge in [0.25, 0.3) is 0 Å². The lowest BCUT2D eigenvalue weighted by molar-refractivity contribution is -0.369. The molecule has 0 aliphatic heterocycles. The van der Waals surface area contributed by atoms with Crippen LogP contribution in [0, 0.1) is 0 Å². The number of aromatic nitrogens is 1. The number of fused-ring (bicyclic) bond motifs is 1. The first-order valence-electron chi connectivity index (χ1n) is 11.3. The van der Waals surface area contributed by atoms with Gasteiger partial charge >= 0.3 is 29.7 Å². The molecule has 39 heavy (non-hydrogen) atoms. The number of hydrogen-bond donors (Lipinski definition) is 2. The Morgan fingerprint density at radius 2 is 1.59 bits per heavy atom. The van der Waals surface area contributed by atoms with Crippen molar-refractivity contribution in [3.8, 4) is 17.1 Å². The largest absolute Gasteiger partial charge is 0.493 e. The van der Waals surface area contributed by atoms with E-state index in [0.29, 0.717) is 16.7 Å². The number of nitrogens with zero attached hydrogens (tertiary/aromatic N) is 1. The van der Waals surface area contributed by atoms with Crippen LogP contribution in [0.25, 0.3) is 22.3 Å². The van der Waals surface area contributed by atoms with Gasteiger partial charge in [0.1, 0.15) is 23.1 Å². The van der Waals surface area contributed by atoms with Crippen molar-refractivity contribution in [1.82, 2.24) is 4.98 Å². The van der Waals surface area contributed by atoms with E-state index in [1.807, 2.05) is 0 Å². The molecule has 2 aromatic heterocycles. The SMILES string of the molecule is NCC(N)C(=O)OCCC(F)(F)C(F)(F)C(F)(F)C(F)(F)CCOc1ccc2cc(-c3cccnc3)oc2c1. The van der Waals surface area contributed by atoms with Crippen molar-refractivity contribution in [2.75, 3.05) is 19.8 Å². The first-order valence-corrected chi connectivity index (χ1v) is 11.3. The highest BCUT2D eigenvalue weighted by molar-refractivity contribution is 5.83. The van der Waals surface area contributed by atoms with Crippen molar-refractivity contribution < 1.29 is 53.8 Å². The Labute approximate surface area is 216 Å². The molecule has 0 bridgehead atoms. The van der Waals surface area contributed by atoms with Gasteiger partial charge in [-0.25, -0.2) is 0 Å². The summed E-state index contributed by atoms with van der Waals surface area (Å²) in [6.07, 6.45) is -1.12. The summed E-state index contributed by atoms with van der Waals surface area (Å²) >= 11 is 0. The molecule has 0 saturated heterocycles. The summed E-state index contributed by atoms with van der Waals surface area (Å²) in [5.74, 6) is -25.3. The number of alkyl halides is 8. The molecule has 0 amide bonds. The molecule has 0 saturated carbocycles. The molecular formula is C24H23F8N3O4. The number of carbonyl (C=O) groups is 1. The Morgan fingerprint density at radius 1 is 0.949 bits per heavy atom. The van der Waals surface area contributed by atoms with E-state index >= 15 is 0 Å². The predicted molar refractivity (Wildman–Crippen MR) is 122 cm³/mol. The fourth-order valence-electron chi connectivity index (χ4n) is 3.31. The number of carbonyl (C=O) groups excluding carboxylic acids is 1. The molecular weight excluding hydrogens is 546 g/mol. The molecule has 1 aromatic carbocycles. The van der Waals surface area contributed by atoms with E-state index in [4.69, 9.17) is 20.6 Å². The molecule has 3 aromatic rings. The zero-order valence-corrected chi connectivity index (χ0v) is 20.0. The zero-order chi connectivity index (χ0) is 29.1. The number of benzene rings is 1. The minimum Gasteiger partial charge on any atom is -0.493 e. The van der Waals surface area contributed by atoms with Crippen LogP contribution < -0.4 is 16.2 Å². The summed E-state index contributed by atoms with van der Waals surface area (Å²) < 4.78 is 128. The highest BCUT2D eigenvalue weighted by atomic mass is 19.4. The third kappa shape index (κ3) is 6.24. The molecule has 1 unspecified atom stereocenters. The van der Waals surface area contributed by atoms with Crippen molar-refractivity contribution in [1.29, 1.82) is 0 Å². The monoisotopic (exact) mass is 569 g/mol. The van der Waals surface area contributed by atoms with Crippen LogP contribution in [0.3, 0.4) is 0 Å². The van der Waals surface area contributed by atoms with E-state index in [1.165, 1.54) is 24.4 Å². The van der Waals surface area contributed by atoms with E-state index in [0.717, 1.165) is 0 Å². The Morgan fingerprint density at radius 3 is 2.18 bits per heavy atom. The Hall–Kier alpha value is -3.46. The third-order valence-electron chi connectivity index (χ3n) is 5.65. The number of ether oxygens (including phenoxy) is 2. The average molecular weight is 569 g/mol. The standard InChI is InChI=1S/C24H23F8N3O4/c25-21(26,23(29,30)24(31,32)22(27,28)6-9-38-20(36)17(34)12-33)5-8-37-16-4-3-14-10-18(39-19(14)11-16)15-2-1-7-35-13-15/h1-4,7,10-11,13,17H,5-6,8-9,12,33-34H2. The van der Waals surface area contributed by atoms with Crippen LogP contribution in [-0.2, 0) is 9.53 Å². The summed E-state index contributed by atoms with van der Waals surface area (Å²) in [6, 6.07) is 7.59. The van der Waals surface area contributed by atoms with E-state index < -0.39 is 68.3 Å². The molecule has 4 N–H and O–H groups in total. The normalized spacial score (nSPS) is 13.9. The highest BCUT2D eigenvalue weighted by Gasteiger charge is 2.79. The van der Waals surface area contributed by atoms with Crippen LogP contribution in [0.4, 0.5) is 35.1 Å². The van der Waals surface area contributed by atoms with Crippen molar-refractivity contribution in [2.45, 2.75) is 42.6 Å². The highest BCUT2D eigenvalue weighted by Crippen LogP contribution is 2.54. The van der Waals surface area contributed by atoms with E-state index in [9.17, 15) is 39.9 Å². The zero-order valence-electron chi connectivity index (χ0n) is 20.0. The minimum atomic E-state index is -6.51. The van der Waals surface area contributed by atoms with Gasteiger partial charge in [0.2, 0.25) is 0 Å². The van der Waals surface area contributed by atoms with Crippen molar-refractivity contribution in [3.05, 3.63) is 48.8 Å². The second-order valence-corrected chi connectivity index (χ2v) is 8.47. The van der Waals surface area contributed by atoms with E-state index in [1.54, 1.807) is 24.4 Å². The maximum atomic E-state index is 14.2. The molecule has 214 valence electrons. The number of rotatable bonds is 13. The van der Waals surface area contributed by atoms with Gasteiger partial charge in [-0.1, -0.05) is 0 Å². The topological polar surface area (TPSA) is 114 Å². The molecule has 0 spiro atoms. The first kappa shape index (κ1) is 30.1. The number of hydrogen-bond acceptors (Lipinski definition) is 7. The third-order valence-corrected chi connectivity index (χ3v) is 5.65. The molecule has 3 rings (SSSR count). The molecule has 0 aliphatic carbocycles. The average Bonchev–Trinajstić information content (AvgIpc) is 3.31. The molecule has 0 aliphatic rings. The first-order chi connectivity index (χ1) is 18.1. The minimum absolute atomic E-state index is 0.122. The Kier molecular flexibility index (Phi) is 8.75. The van der Waals surface area contributed by atoms with Gasteiger partial charge in [-0.3, -0.25) is 9.78 Å². The summed E-state index contributed by atoms with van der Waals surface area (Å²) in [6.45, 7) is -3.18. The van der Waals surface area contributed by atoms with Crippen LogP contribution in [0.1, 0.15) is 12.8 Å². The van der Waals surface area contributed by atoms with Crippen molar-refractivity contribution >= 4 is 16.9 Å². The number of nitrogens with two attached hydrogens (primary N) is 2. The second kappa shape index (κ2) is 11.3. The van der Waals surface area contributed by atoms with Crippen LogP contribution in [0.5, 0.6) is 5.75 Å². The van der Waals surface area contributed by atoms with Gasteiger partial charge in [-0.15, -0.1) is 0 Å². The maximum absolute atomic E-state index is 14.2. The van der Waals surface area contributed by atoms with E-state index in [-0.39, 0.29) is 11.3 Å². The molecule has 7 nitrogen and oxygen atoms in total. The summed E-state index contributed by atoms with van der Waals surface area (Å²) in [4.78, 5) is 15.2. The van der Waals surface area contributed by atoms with Gasteiger partial charge in [0.05, 0.1) is 26.1 Å². The maximum Gasteiger partial charge on any atom is 0.378 e. The van der Waals surface area contributed by atoms with Crippen LogP contribution in [0.15, 0.2) is 53.2 Å². The smallest absolute Gasteiger partial charge is 0.378 e. The molecule has 1 atom stereocenters. The predicted octanol–water partition coefficient (Wildman–Crippen LogP) is 5.02. The lowest BCUT2D eigenvalue weighted by Gasteiger charge is -2.36. The molecule has 0 fully saturated rings. The Balaban J connectivity index is 1.64. The van der Waals surface area contributed by atoms with E-state index in [2.05, 4.69) is 9.72 Å². The van der Waals surface area contributed by atoms with Crippen LogP contribution in [-0.4, -0.2) is 60.4 Å². The molecule has 15 heteroatoms.